The molecule has 0 spiro atoms. The third kappa shape index (κ3) is 23.6. The Kier molecular flexibility index (Phi) is 14.6. The predicted molar refractivity (Wildman–Crippen MR) is 99.2 cm³/mol. The van der Waals surface area contributed by atoms with E-state index in [4.69, 9.17) is 44.5 Å². The Morgan fingerprint density at radius 3 is 1.04 bits per heavy atom. The van der Waals surface area contributed by atoms with Crippen LogP contribution in [0.1, 0.15) is 13.8 Å². The van der Waals surface area contributed by atoms with Crippen molar-refractivity contribution in [2.75, 3.05) is 79.8 Å². The summed E-state index contributed by atoms with van der Waals surface area (Å²) >= 11 is 0. The minimum Gasteiger partial charge on any atom is -0.759 e. The van der Waals surface area contributed by atoms with Gasteiger partial charge in [-0.15, -0.1) is 0 Å². The summed E-state index contributed by atoms with van der Waals surface area (Å²) in [4.78, 5) is 0. The minimum absolute atomic E-state index is 0.949. The predicted octanol–water partition coefficient (Wildman–Crippen LogP) is -1.02. The summed E-state index contributed by atoms with van der Waals surface area (Å²) in [7, 11) is -5.24. The molecule has 28 heavy (non-hydrogen) atoms. The molecule has 0 radical (unpaired) electrons. The van der Waals surface area contributed by atoms with Gasteiger partial charge < -0.3 is 27.5 Å². The van der Waals surface area contributed by atoms with Gasteiger partial charge >= 0.3 is 10.4 Å². The molecule has 0 saturated carbocycles. The van der Waals surface area contributed by atoms with Crippen LogP contribution in [0.15, 0.2) is 0 Å². The highest BCUT2D eigenvalue weighted by molar-refractivity contribution is 7.80. The van der Waals surface area contributed by atoms with Gasteiger partial charge in [0.05, 0.1) is 53.6 Å². The van der Waals surface area contributed by atoms with E-state index in [1.54, 1.807) is 0 Å². The van der Waals surface area contributed by atoms with E-state index in [2.05, 4.69) is 27.9 Å². The van der Waals surface area contributed by atoms with Crippen molar-refractivity contribution in [1.29, 1.82) is 0 Å². The summed E-state index contributed by atoms with van der Waals surface area (Å²) in [6, 6.07) is 0. The number of likely N-dealkylation sites (N-methyl/N-ethyl adjacent to an activating group) is 2. The van der Waals surface area contributed by atoms with Crippen LogP contribution in [0.2, 0.25) is 0 Å². The summed E-state index contributed by atoms with van der Waals surface area (Å²) < 4.78 is 78.6. The SMILES string of the molecule is CC[N+]1(C)CCOCC1.CC[N+]1(C)CCOCC1.O=S(=O)(O)O.O=S(=O)([O-])[O-]. The molecule has 0 atom stereocenters. The molecule has 2 aliphatic rings. The molecule has 0 aromatic carbocycles. The van der Waals surface area contributed by atoms with Gasteiger partial charge in [0.15, 0.2) is 0 Å². The molecule has 172 valence electrons. The van der Waals surface area contributed by atoms with Crippen LogP contribution in [0.4, 0.5) is 0 Å². The second-order valence-corrected chi connectivity index (χ2v) is 8.56. The fourth-order valence-corrected chi connectivity index (χ4v) is 2.20. The number of rotatable bonds is 2. The average molecular weight is 455 g/mol. The zero-order valence-electron chi connectivity index (χ0n) is 16.9. The maximum atomic E-state index is 8.74. The van der Waals surface area contributed by atoms with Gasteiger partial charge in [-0.05, 0) is 13.8 Å². The normalized spacial score (nSPS) is 20.9. The molecule has 2 aliphatic heterocycles. The first-order chi connectivity index (χ1) is 12.5. The fraction of sp³-hybridized carbons (Fsp3) is 1.00. The first-order valence-electron chi connectivity index (χ1n) is 8.73. The highest BCUT2D eigenvalue weighted by atomic mass is 32.3. The molecule has 0 aromatic heterocycles. The molecule has 0 unspecified atom stereocenters. The summed E-state index contributed by atoms with van der Waals surface area (Å²) in [6.07, 6.45) is 0. The lowest BCUT2D eigenvalue weighted by Gasteiger charge is -2.36. The first kappa shape index (κ1) is 29.8. The van der Waals surface area contributed by atoms with Crippen molar-refractivity contribution in [1.82, 2.24) is 0 Å². The van der Waals surface area contributed by atoms with Crippen LogP contribution in [-0.2, 0) is 30.3 Å². The Labute approximate surface area is 168 Å². The molecule has 0 amide bonds. The number of hydrogen-bond acceptors (Lipinski definition) is 8. The fourth-order valence-electron chi connectivity index (χ4n) is 2.20. The Hall–Kier alpha value is -0.420. The average Bonchev–Trinajstić information content (AvgIpc) is 2.54. The first-order valence-corrected chi connectivity index (χ1v) is 11.5. The van der Waals surface area contributed by atoms with Crippen molar-refractivity contribution < 1.29 is 53.5 Å². The van der Waals surface area contributed by atoms with Crippen molar-refractivity contribution in [2.24, 2.45) is 0 Å². The summed E-state index contributed by atoms with van der Waals surface area (Å²) in [5.41, 5.74) is 0. The number of hydrogen-bond donors (Lipinski definition) is 2. The molecular formula is C14H34N2O10S2. The number of morpholine rings is 2. The van der Waals surface area contributed by atoms with E-state index in [9.17, 15) is 0 Å². The van der Waals surface area contributed by atoms with Crippen molar-refractivity contribution in [2.45, 2.75) is 13.8 Å². The number of ether oxygens (including phenoxy) is 2. The molecule has 2 rings (SSSR count). The molecule has 0 aliphatic carbocycles. The van der Waals surface area contributed by atoms with Crippen LogP contribution < -0.4 is 0 Å². The molecule has 2 heterocycles. The van der Waals surface area contributed by atoms with E-state index < -0.39 is 20.8 Å². The molecule has 2 N–H and O–H groups in total. The van der Waals surface area contributed by atoms with Gasteiger partial charge in [-0.1, -0.05) is 0 Å². The van der Waals surface area contributed by atoms with Crippen LogP contribution in [0, 0.1) is 0 Å². The Balaban J connectivity index is 0. The lowest BCUT2D eigenvalue weighted by Crippen LogP contribution is -2.51. The van der Waals surface area contributed by atoms with Crippen LogP contribution in [0.5, 0.6) is 0 Å². The van der Waals surface area contributed by atoms with Gasteiger partial charge in [0.2, 0.25) is 0 Å². The standard InChI is InChI=1S/2C7H16NO.2H2O4S/c2*1-3-8(2)4-6-9-7-5-8;2*1-5(2,3)4/h2*3-7H2,1-2H3;2*(H2,1,2,3,4)/q2*+1;;/p-2. The third-order valence-electron chi connectivity index (χ3n) is 4.63. The maximum Gasteiger partial charge on any atom is 0.394 e. The van der Waals surface area contributed by atoms with Gasteiger partial charge in [-0.3, -0.25) is 17.5 Å². The van der Waals surface area contributed by atoms with Gasteiger partial charge in [0.1, 0.15) is 26.2 Å². The summed E-state index contributed by atoms with van der Waals surface area (Å²) in [5, 5.41) is 0. The van der Waals surface area contributed by atoms with Crippen molar-refractivity contribution in [3.8, 4) is 0 Å². The van der Waals surface area contributed by atoms with Gasteiger partial charge in [-0.2, -0.15) is 8.42 Å². The van der Waals surface area contributed by atoms with E-state index in [-0.39, 0.29) is 0 Å². The topological polar surface area (TPSA) is 173 Å². The Morgan fingerprint density at radius 1 is 0.750 bits per heavy atom. The molecule has 0 aromatic rings. The summed E-state index contributed by atoms with van der Waals surface area (Å²) in [6.45, 7) is 15.5. The van der Waals surface area contributed by atoms with Gasteiger partial charge in [-0.25, -0.2) is 0 Å². The molecule has 2 saturated heterocycles. The zero-order chi connectivity index (χ0) is 22.5. The van der Waals surface area contributed by atoms with E-state index in [1.165, 1.54) is 48.2 Å². The van der Waals surface area contributed by atoms with Crippen molar-refractivity contribution >= 4 is 20.8 Å². The number of quaternary nitrogens is 2. The zero-order valence-corrected chi connectivity index (χ0v) is 18.6. The lowest BCUT2D eigenvalue weighted by molar-refractivity contribution is -0.915. The highest BCUT2D eigenvalue weighted by Crippen LogP contribution is 2.06. The van der Waals surface area contributed by atoms with Crippen molar-refractivity contribution in [3.63, 3.8) is 0 Å². The van der Waals surface area contributed by atoms with Crippen LogP contribution in [0.3, 0.4) is 0 Å². The Bertz CT molecular complexity index is 528. The van der Waals surface area contributed by atoms with Crippen LogP contribution in [-0.4, -0.2) is 124 Å². The number of nitrogens with zero attached hydrogens (tertiary/aromatic N) is 2. The maximum absolute atomic E-state index is 8.74. The smallest absolute Gasteiger partial charge is 0.394 e. The van der Waals surface area contributed by atoms with Gasteiger partial charge in [0.25, 0.3) is 0 Å². The van der Waals surface area contributed by atoms with Crippen LogP contribution >= 0.6 is 0 Å². The largest absolute Gasteiger partial charge is 0.759 e. The van der Waals surface area contributed by atoms with E-state index in [0.717, 1.165) is 26.4 Å². The minimum atomic E-state index is -5.17. The van der Waals surface area contributed by atoms with E-state index in [1.807, 2.05) is 0 Å². The molecular weight excluding hydrogens is 420 g/mol. The van der Waals surface area contributed by atoms with Gasteiger partial charge in [0, 0.05) is 10.4 Å². The van der Waals surface area contributed by atoms with E-state index in [0.29, 0.717) is 0 Å². The quantitative estimate of drug-likeness (QED) is 0.298. The molecule has 12 nitrogen and oxygen atoms in total. The lowest BCUT2D eigenvalue weighted by atomic mass is 10.3. The van der Waals surface area contributed by atoms with E-state index >= 15 is 0 Å². The molecule has 14 heteroatoms. The summed E-state index contributed by atoms with van der Waals surface area (Å²) in [5.74, 6) is 0. The molecule has 0 bridgehead atoms. The van der Waals surface area contributed by atoms with Crippen molar-refractivity contribution in [3.05, 3.63) is 0 Å². The highest BCUT2D eigenvalue weighted by Gasteiger charge is 2.22. The monoisotopic (exact) mass is 454 g/mol. The molecule has 2 fully saturated rings. The Morgan fingerprint density at radius 2 is 0.929 bits per heavy atom. The second kappa shape index (κ2) is 13.7. The van der Waals surface area contributed by atoms with Crippen LogP contribution in [0.25, 0.3) is 0 Å². The second-order valence-electron chi connectivity index (χ2n) is 6.85. The third-order valence-corrected chi connectivity index (χ3v) is 4.63.